The molecule has 5 N–H and O–H groups in total. The average molecular weight is 449 g/mol. The number of aliphatic hydroxyl groups excluding tert-OH is 3. The van der Waals surface area contributed by atoms with E-state index in [4.69, 9.17) is 0 Å². The summed E-state index contributed by atoms with van der Waals surface area (Å²) in [5.41, 5.74) is 0.855. The molecule has 180 valence electrons. The number of hydrogen-bond acceptors (Lipinski definition) is 6. The average Bonchev–Trinajstić information content (AvgIpc) is 3.13. The predicted octanol–water partition coefficient (Wildman–Crippen LogP) is 2.41. The topological polar surface area (TPSA) is 118 Å². The van der Waals surface area contributed by atoms with Gasteiger partial charge in [-0.1, -0.05) is 18.6 Å². The van der Waals surface area contributed by atoms with Crippen molar-refractivity contribution in [3.8, 4) is 0 Å². The summed E-state index contributed by atoms with van der Waals surface area (Å²) in [6.45, 7) is 7.18. The summed E-state index contributed by atoms with van der Waals surface area (Å²) in [5.74, 6) is -0.157. The third-order valence-electron chi connectivity index (χ3n) is 9.10. The molecule has 0 aromatic heterocycles. The van der Waals surface area contributed by atoms with E-state index >= 15 is 0 Å². The maximum absolute atomic E-state index is 13.1. The molecule has 32 heavy (non-hydrogen) atoms. The second kappa shape index (κ2) is 8.02. The Balaban J connectivity index is 1.58. The van der Waals surface area contributed by atoms with Gasteiger partial charge in [-0.05, 0) is 82.8 Å². The third kappa shape index (κ3) is 3.92. The largest absolute Gasteiger partial charge is 0.390 e. The molecule has 0 aromatic carbocycles. The Labute approximate surface area is 191 Å². The van der Waals surface area contributed by atoms with Crippen LogP contribution in [0.25, 0.3) is 0 Å². The number of carbonyl (C=O) groups is 1. The first kappa shape index (κ1) is 24.1. The normalized spacial score (nSPS) is 40.2. The lowest BCUT2D eigenvalue weighted by Gasteiger charge is -2.52. The van der Waals surface area contributed by atoms with Crippen molar-refractivity contribution < 1.29 is 30.3 Å². The van der Waals surface area contributed by atoms with E-state index in [9.17, 15) is 30.3 Å². The van der Waals surface area contributed by atoms with Crippen molar-refractivity contribution in [1.29, 1.82) is 0 Å². The number of hydrogen-bond donors (Lipinski definition) is 5. The quantitative estimate of drug-likeness (QED) is 0.441. The van der Waals surface area contributed by atoms with Gasteiger partial charge < -0.3 is 25.5 Å². The summed E-state index contributed by atoms with van der Waals surface area (Å²) < 4.78 is 0. The van der Waals surface area contributed by atoms with Gasteiger partial charge in [-0.25, -0.2) is 0 Å². The van der Waals surface area contributed by atoms with Gasteiger partial charge in [0.15, 0.2) is 0 Å². The highest BCUT2D eigenvalue weighted by Crippen LogP contribution is 2.59. The van der Waals surface area contributed by atoms with Crippen LogP contribution in [0, 0.1) is 23.2 Å². The van der Waals surface area contributed by atoms with Crippen LogP contribution in [0.2, 0.25) is 0 Å². The van der Waals surface area contributed by atoms with E-state index in [1.807, 2.05) is 0 Å². The molecule has 6 nitrogen and oxygen atoms in total. The number of carbonyl (C=O) groups excluding carboxylic acids is 1. The zero-order valence-corrected chi connectivity index (χ0v) is 19.8. The molecule has 0 heterocycles. The van der Waals surface area contributed by atoms with Crippen LogP contribution in [0.1, 0.15) is 79.1 Å². The lowest BCUT2D eigenvalue weighted by Crippen LogP contribution is -2.52. The molecule has 1 saturated carbocycles. The molecule has 0 spiro atoms. The first-order chi connectivity index (χ1) is 14.8. The molecule has 4 aliphatic carbocycles. The highest BCUT2D eigenvalue weighted by atomic mass is 16.3. The molecule has 4 aliphatic rings. The lowest BCUT2D eigenvalue weighted by molar-refractivity contribution is -0.136. The van der Waals surface area contributed by atoms with Crippen molar-refractivity contribution in [2.45, 2.75) is 109 Å². The monoisotopic (exact) mass is 448 g/mol. The van der Waals surface area contributed by atoms with Gasteiger partial charge in [0.1, 0.15) is 5.78 Å². The maximum atomic E-state index is 13.1. The Morgan fingerprint density at radius 2 is 1.88 bits per heavy atom. The summed E-state index contributed by atoms with van der Waals surface area (Å²) in [5, 5.41) is 52.7. The summed E-state index contributed by atoms with van der Waals surface area (Å²) in [7, 11) is 0. The molecule has 0 saturated heterocycles. The van der Waals surface area contributed by atoms with Crippen LogP contribution in [0.15, 0.2) is 22.8 Å². The van der Waals surface area contributed by atoms with Gasteiger partial charge in [0, 0.05) is 23.7 Å². The molecular formula is C26H40O6. The molecule has 4 rings (SSSR count). The minimum atomic E-state index is -1.29. The summed E-state index contributed by atoms with van der Waals surface area (Å²) in [6, 6.07) is 0. The van der Waals surface area contributed by atoms with Crippen LogP contribution >= 0.6 is 0 Å². The van der Waals surface area contributed by atoms with Gasteiger partial charge >= 0.3 is 0 Å². The predicted molar refractivity (Wildman–Crippen MR) is 121 cm³/mol. The molecule has 0 aliphatic heterocycles. The van der Waals surface area contributed by atoms with E-state index in [2.05, 4.69) is 13.0 Å². The number of fused-ring (bicyclic) bond motifs is 4. The smallest absolute Gasteiger partial charge is 0.141 e. The van der Waals surface area contributed by atoms with E-state index in [1.165, 1.54) is 5.57 Å². The minimum absolute atomic E-state index is 0.0904. The third-order valence-corrected chi connectivity index (χ3v) is 9.10. The van der Waals surface area contributed by atoms with Crippen LogP contribution in [0.4, 0.5) is 0 Å². The summed E-state index contributed by atoms with van der Waals surface area (Å²) >= 11 is 0. The first-order valence-electron chi connectivity index (χ1n) is 12.2. The molecule has 0 bridgehead atoms. The Hall–Kier alpha value is -1.05. The van der Waals surface area contributed by atoms with Gasteiger partial charge in [0.25, 0.3) is 0 Å². The molecule has 0 amide bonds. The van der Waals surface area contributed by atoms with Crippen molar-refractivity contribution in [3.63, 3.8) is 0 Å². The Morgan fingerprint density at radius 3 is 2.53 bits per heavy atom. The van der Waals surface area contributed by atoms with Crippen molar-refractivity contribution in [2.75, 3.05) is 0 Å². The zero-order valence-electron chi connectivity index (χ0n) is 19.8. The molecule has 8 atom stereocenters. The van der Waals surface area contributed by atoms with E-state index in [0.717, 1.165) is 24.0 Å². The molecule has 0 radical (unpaired) electrons. The van der Waals surface area contributed by atoms with Crippen molar-refractivity contribution >= 4 is 5.78 Å². The summed E-state index contributed by atoms with van der Waals surface area (Å²) in [4.78, 5) is 13.1. The molecule has 0 aromatic rings. The van der Waals surface area contributed by atoms with Gasteiger partial charge in [-0.2, -0.15) is 0 Å². The number of Topliss-reactive ketones (excluding diaryl/α,β-unsaturated/α-hetero) is 1. The van der Waals surface area contributed by atoms with Gasteiger partial charge in [-0.15, -0.1) is 0 Å². The second-order valence-electron chi connectivity index (χ2n) is 11.9. The van der Waals surface area contributed by atoms with E-state index < -0.39 is 34.9 Å². The highest BCUT2D eigenvalue weighted by molar-refractivity contribution is 5.88. The van der Waals surface area contributed by atoms with Crippen molar-refractivity contribution in [1.82, 2.24) is 0 Å². The van der Waals surface area contributed by atoms with E-state index in [1.54, 1.807) is 20.8 Å². The maximum Gasteiger partial charge on any atom is 0.141 e. The van der Waals surface area contributed by atoms with Gasteiger partial charge in [0.05, 0.1) is 29.5 Å². The first-order valence-corrected chi connectivity index (χ1v) is 12.2. The Morgan fingerprint density at radius 1 is 1.19 bits per heavy atom. The molecule has 1 fully saturated rings. The Kier molecular flexibility index (Phi) is 6.04. The zero-order chi connectivity index (χ0) is 23.6. The number of allylic oxidation sites excluding steroid dienone is 4. The van der Waals surface area contributed by atoms with Crippen LogP contribution < -0.4 is 0 Å². The fraction of sp³-hybridized carbons (Fsp3) is 0.808. The molecular weight excluding hydrogens is 408 g/mol. The Bertz CT molecular complexity index is 834. The lowest BCUT2D eigenvalue weighted by atomic mass is 9.53. The highest BCUT2D eigenvalue weighted by Gasteiger charge is 2.55. The standard InChI is InChI=1S/C26H40O6/c1-24(2,31)10-9-23(30)26(4,32)18-8-5-14-15(18)6-7-17-16(14)11-20(27)19-12-21(28)22(29)13-25(17,19)3/h5,15,18-19,21-23,28-32H,6-13H2,1-4H3/t15?,18-,19-,21+,22-,23-,25+,26-/m0/s1. The fourth-order valence-corrected chi connectivity index (χ4v) is 7.12. The fourth-order valence-electron chi connectivity index (χ4n) is 7.12. The molecule has 6 heteroatoms. The number of ketones is 1. The van der Waals surface area contributed by atoms with Crippen LogP contribution in [0.5, 0.6) is 0 Å². The van der Waals surface area contributed by atoms with E-state index in [-0.39, 0.29) is 23.5 Å². The minimum Gasteiger partial charge on any atom is -0.390 e. The van der Waals surface area contributed by atoms with Gasteiger partial charge in [-0.3, -0.25) is 4.79 Å². The van der Waals surface area contributed by atoms with Crippen LogP contribution in [0.3, 0.4) is 0 Å². The number of rotatable bonds is 5. The van der Waals surface area contributed by atoms with E-state index in [0.29, 0.717) is 38.5 Å². The molecule has 1 unspecified atom stereocenters. The summed E-state index contributed by atoms with van der Waals surface area (Å²) in [6.07, 6.45) is 3.66. The van der Waals surface area contributed by atoms with Crippen LogP contribution in [-0.4, -0.2) is 60.8 Å². The van der Waals surface area contributed by atoms with Crippen molar-refractivity contribution in [2.24, 2.45) is 23.2 Å². The van der Waals surface area contributed by atoms with Crippen LogP contribution in [-0.2, 0) is 4.79 Å². The van der Waals surface area contributed by atoms with Gasteiger partial charge in [0.2, 0.25) is 0 Å². The SMILES string of the molecule is CC(C)(O)CC[C@H](O)[C@@](C)(O)[C@H]1CC=C2C3=C(CCC21)[C@@]1(C)C[C@H](O)[C@H](O)C[C@H]1C(=O)C3. The second-order valence-corrected chi connectivity index (χ2v) is 11.9. The van der Waals surface area contributed by atoms with Crippen molar-refractivity contribution in [3.05, 3.63) is 22.8 Å². The number of aliphatic hydroxyl groups is 5.